The standard InChI is InChI=1S/C24H29NO/c1-18(2)26-24-16-15-21-11-7-8-12-22(21)23(24)17-25-19(3)13-14-20-9-5-4-6-10-20/h4-12,15-16,18-19,25H,13-14,17H2,1-3H3/t19-/m0/s1. The van der Waals surface area contributed by atoms with E-state index in [9.17, 15) is 0 Å². The highest BCUT2D eigenvalue weighted by molar-refractivity contribution is 5.87. The zero-order valence-electron chi connectivity index (χ0n) is 16.0. The van der Waals surface area contributed by atoms with Gasteiger partial charge in [-0.3, -0.25) is 0 Å². The molecule has 2 nitrogen and oxygen atoms in total. The molecule has 136 valence electrons. The lowest BCUT2D eigenvalue weighted by molar-refractivity contribution is 0.239. The predicted octanol–water partition coefficient (Wildman–Crippen LogP) is 5.74. The van der Waals surface area contributed by atoms with Crippen LogP contribution in [0.25, 0.3) is 10.8 Å². The molecule has 0 heterocycles. The summed E-state index contributed by atoms with van der Waals surface area (Å²) >= 11 is 0. The van der Waals surface area contributed by atoms with Gasteiger partial charge in [0.05, 0.1) is 6.10 Å². The van der Waals surface area contributed by atoms with Gasteiger partial charge in [-0.1, -0.05) is 60.7 Å². The molecule has 0 amide bonds. The molecule has 0 spiro atoms. The van der Waals surface area contributed by atoms with Crippen LogP contribution in [-0.4, -0.2) is 12.1 Å². The molecule has 0 aliphatic rings. The van der Waals surface area contributed by atoms with Crippen LogP contribution in [0.4, 0.5) is 0 Å². The molecule has 0 radical (unpaired) electrons. The molecule has 3 rings (SSSR count). The van der Waals surface area contributed by atoms with Gasteiger partial charge >= 0.3 is 0 Å². The van der Waals surface area contributed by atoms with E-state index in [-0.39, 0.29) is 6.10 Å². The summed E-state index contributed by atoms with van der Waals surface area (Å²) in [5.74, 6) is 0.987. The Hall–Kier alpha value is -2.32. The molecule has 0 bridgehead atoms. The molecule has 0 aliphatic heterocycles. The van der Waals surface area contributed by atoms with E-state index < -0.39 is 0 Å². The summed E-state index contributed by atoms with van der Waals surface area (Å²) in [6, 6.07) is 23.9. The second kappa shape index (κ2) is 8.86. The van der Waals surface area contributed by atoms with Crippen molar-refractivity contribution in [2.45, 2.75) is 52.3 Å². The number of benzene rings is 3. The van der Waals surface area contributed by atoms with Crippen molar-refractivity contribution in [1.29, 1.82) is 0 Å². The average molecular weight is 348 g/mol. The van der Waals surface area contributed by atoms with Crippen LogP contribution in [0.2, 0.25) is 0 Å². The van der Waals surface area contributed by atoms with Crippen LogP contribution in [-0.2, 0) is 13.0 Å². The summed E-state index contributed by atoms with van der Waals surface area (Å²) in [6.45, 7) is 7.24. The van der Waals surface area contributed by atoms with E-state index in [1.165, 1.54) is 21.9 Å². The summed E-state index contributed by atoms with van der Waals surface area (Å²) in [5.41, 5.74) is 2.65. The fourth-order valence-electron chi connectivity index (χ4n) is 3.27. The fraction of sp³-hybridized carbons (Fsp3) is 0.333. The normalized spacial score (nSPS) is 12.5. The molecule has 1 N–H and O–H groups in total. The first-order valence-corrected chi connectivity index (χ1v) is 9.58. The fourth-order valence-corrected chi connectivity index (χ4v) is 3.27. The van der Waals surface area contributed by atoms with Crippen LogP contribution >= 0.6 is 0 Å². The molecule has 0 saturated heterocycles. The van der Waals surface area contributed by atoms with Crippen LogP contribution in [0.1, 0.15) is 38.3 Å². The van der Waals surface area contributed by atoms with E-state index in [0.29, 0.717) is 6.04 Å². The Morgan fingerprint density at radius 2 is 1.58 bits per heavy atom. The van der Waals surface area contributed by atoms with Gasteiger partial charge in [0.1, 0.15) is 5.75 Å². The van der Waals surface area contributed by atoms with Crippen LogP contribution in [0, 0.1) is 0 Å². The van der Waals surface area contributed by atoms with E-state index in [2.05, 4.69) is 92.8 Å². The first-order chi connectivity index (χ1) is 12.6. The Balaban J connectivity index is 1.70. The minimum atomic E-state index is 0.172. The van der Waals surface area contributed by atoms with Crippen molar-refractivity contribution in [3.8, 4) is 5.75 Å². The summed E-state index contributed by atoms with van der Waals surface area (Å²) < 4.78 is 6.08. The Morgan fingerprint density at radius 1 is 0.846 bits per heavy atom. The number of aryl methyl sites for hydroxylation is 1. The number of ether oxygens (including phenoxy) is 1. The number of hydrogen-bond donors (Lipinski definition) is 1. The summed E-state index contributed by atoms with van der Waals surface area (Å²) in [4.78, 5) is 0. The van der Waals surface area contributed by atoms with Crippen LogP contribution in [0.15, 0.2) is 66.7 Å². The molecule has 26 heavy (non-hydrogen) atoms. The Bertz CT molecular complexity index is 826. The zero-order chi connectivity index (χ0) is 18.4. The van der Waals surface area contributed by atoms with E-state index in [0.717, 1.165) is 25.1 Å². The summed E-state index contributed by atoms with van der Waals surface area (Å²) in [6.07, 6.45) is 2.39. The highest BCUT2D eigenvalue weighted by Crippen LogP contribution is 2.29. The third-order valence-electron chi connectivity index (χ3n) is 4.70. The summed E-state index contributed by atoms with van der Waals surface area (Å²) in [7, 11) is 0. The maximum atomic E-state index is 6.08. The van der Waals surface area contributed by atoms with Gasteiger partial charge in [0.15, 0.2) is 0 Å². The predicted molar refractivity (Wildman–Crippen MR) is 111 cm³/mol. The van der Waals surface area contributed by atoms with Crippen LogP contribution in [0.3, 0.4) is 0 Å². The molecule has 3 aromatic rings. The van der Waals surface area contributed by atoms with Gasteiger partial charge in [0.2, 0.25) is 0 Å². The first kappa shape index (κ1) is 18.5. The van der Waals surface area contributed by atoms with Crippen molar-refractivity contribution < 1.29 is 4.74 Å². The van der Waals surface area contributed by atoms with Crippen molar-refractivity contribution in [2.75, 3.05) is 0 Å². The van der Waals surface area contributed by atoms with Crippen LogP contribution < -0.4 is 10.1 Å². The van der Waals surface area contributed by atoms with Gasteiger partial charge in [0.25, 0.3) is 0 Å². The molecular weight excluding hydrogens is 318 g/mol. The molecule has 0 aliphatic carbocycles. The molecular formula is C24H29NO. The van der Waals surface area contributed by atoms with Crippen molar-refractivity contribution in [1.82, 2.24) is 5.32 Å². The van der Waals surface area contributed by atoms with Gasteiger partial charge in [-0.25, -0.2) is 0 Å². The maximum absolute atomic E-state index is 6.08. The molecule has 0 aromatic heterocycles. The SMILES string of the molecule is CC(C)Oc1ccc2ccccc2c1CN[C@@H](C)CCc1ccccc1. The quantitative estimate of drug-likeness (QED) is 0.561. The molecule has 1 atom stereocenters. The largest absolute Gasteiger partial charge is 0.491 e. The third kappa shape index (κ3) is 4.86. The summed E-state index contributed by atoms with van der Waals surface area (Å²) in [5, 5.41) is 6.23. The van der Waals surface area contributed by atoms with E-state index in [1.54, 1.807) is 0 Å². The van der Waals surface area contributed by atoms with Gasteiger partial charge in [-0.2, -0.15) is 0 Å². The average Bonchev–Trinajstić information content (AvgIpc) is 2.66. The number of nitrogens with one attached hydrogen (secondary N) is 1. The molecule has 0 unspecified atom stereocenters. The van der Waals surface area contributed by atoms with Crippen molar-refractivity contribution >= 4 is 10.8 Å². The molecule has 2 heteroatoms. The highest BCUT2D eigenvalue weighted by atomic mass is 16.5. The van der Waals surface area contributed by atoms with E-state index >= 15 is 0 Å². The lowest BCUT2D eigenvalue weighted by atomic mass is 10.0. The van der Waals surface area contributed by atoms with Gasteiger partial charge in [0, 0.05) is 18.2 Å². The Labute approximate surface area is 157 Å². The zero-order valence-corrected chi connectivity index (χ0v) is 16.0. The number of hydrogen-bond acceptors (Lipinski definition) is 2. The van der Waals surface area contributed by atoms with Crippen molar-refractivity contribution in [3.05, 3.63) is 77.9 Å². The first-order valence-electron chi connectivity index (χ1n) is 9.58. The highest BCUT2D eigenvalue weighted by Gasteiger charge is 2.11. The van der Waals surface area contributed by atoms with Crippen molar-refractivity contribution in [3.63, 3.8) is 0 Å². The van der Waals surface area contributed by atoms with Gasteiger partial charge in [-0.05, 0) is 56.0 Å². The lowest BCUT2D eigenvalue weighted by Crippen LogP contribution is -2.26. The number of fused-ring (bicyclic) bond motifs is 1. The smallest absolute Gasteiger partial charge is 0.124 e. The van der Waals surface area contributed by atoms with E-state index in [1.807, 2.05) is 0 Å². The monoisotopic (exact) mass is 347 g/mol. The minimum absolute atomic E-state index is 0.172. The minimum Gasteiger partial charge on any atom is -0.491 e. The lowest BCUT2D eigenvalue weighted by Gasteiger charge is -2.19. The van der Waals surface area contributed by atoms with Gasteiger partial charge < -0.3 is 10.1 Å². The molecule has 0 fully saturated rings. The third-order valence-corrected chi connectivity index (χ3v) is 4.70. The Morgan fingerprint density at radius 3 is 2.35 bits per heavy atom. The van der Waals surface area contributed by atoms with Crippen molar-refractivity contribution in [2.24, 2.45) is 0 Å². The van der Waals surface area contributed by atoms with Crippen LogP contribution in [0.5, 0.6) is 5.75 Å². The second-order valence-electron chi connectivity index (χ2n) is 7.24. The Kier molecular flexibility index (Phi) is 6.30. The topological polar surface area (TPSA) is 21.3 Å². The number of rotatable bonds is 8. The van der Waals surface area contributed by atoms with E-state index in [4.69, 9.17) is 4.74 Å². The van der Waals surface area contributed by atoms with Gasteiger partial charge in [-0.15, -0.1) is 0 Å². The molecule has 3 aromatic carbocycles. The molecule has 0 saturated carbocycles. The maximum Gasteiger partial charge on any atom is 0.124 e. The second-order valence-corrected chi connectivity index (χ2v) is 7.24.